The lowest BCUT2D eigenvalue weighted by Gasteiger charge is -2.07. The first-order valence-electron chi connectivity index (χ1n) is 4.78. The molecular weight excluding hydrogens is 226 g/mol. The Morgan fingerprint density at radius 2 is 2.19 bits per heavy atom. The lowest BCUT2D eigenvalue weighted by molar-refractivity contribution is 0.416. The van der Waals surface area contributed by atoms with Crippen molar-refractivity contribution in [2.75, 3.05) is 12.8 Å². The van der Waals surface area contributed by atoms with Crippen molar-refractivity contribution in [3.63, 3.8) is 0 Å². The first-order valence-corrected chi connectivity index (χ1v) is 5.15. The second-order valence-electron chi connectivity index (χ2n) is 3.50. The van der Waals surface area contributed by atoms with Crippen molar-refractivity contribution in [1.29, 1.82) is 0 Å². The summed E-state index contributed by atoms with van der Waals surface area (Å²) < 4.78 is 5.30. The van der Waals surface area contributed by atoms with Crippen LogP contribution in [0.2, 0.25) is 5.02 Å². The number of ether oxygens (including phenoxy) is 1. The van der Waals surface area contributed by atoms with E-state index >= 15 is 0 Å². The topological polar surface area (TPSA) is 63.9 Å². The molecule has 0 saturated heterocycles. The molecule has 0 aliphatic rings. The standard InChI is InChI=1S/C11H12ClN3O/c1-6-3-4-7(8(5-6)16-2)10-9(12)11(13)15-14-10/h3-5H,1-2H3,(H3,13,14,15). The van der Waals surface area contributed by atoms with Crippen molar-refractivity contribution in [2.24, 2.45) is 0 Å². The van der Waals surface area contributed by atoms with Crippen LogP contribution in [0.5, 0.6) is 5.75 Å². The highest BCUT2D eigenvalue weighted by Crippen LogP contribution is 2.35. The molecule has 0 spiro atoms. The number of anilines is 1. The Kier molecular flexibility index (Phi) is 2.75. The number of H-pyrrole nitrogens is 1. The summed E-state index contributed by atoms with van der Waals surface area (Å²) in [5.74, 6) is 1.03. The quantitative estimate of drug-likeness (QED) is 0.844. The molecule has 16 heavy (non-hydrogen) atoms. The van der Waals surface area contributed by atoms with E-state index in [-0.39, 0.29) is 0 Å². The molecule has 1 aromatic heterocycles. The Bertz CT molecular complexity index is 522. The molecule has 0 saturated carbocycles. The molecule has 0 unspecified atom stereocenters. The van der Waals surface area contributed by atoms with E-state index in [0.717, 1.165) is 16.9 Å². The van der Waals surface area contributed by atoms with Gasteiger partial charge in [-0.05, 0) is 24.6 Å². The number of halogens is 1. The Balaban J connectivity index is 2.59. The highest BCUT2D eigenvalue weighted by Gasteiger charge is 2.14. The first kappa shape index (κ1) is 10.8. The van der Waals surface area contributed by atoms with Crippen LogP contribution in [-0.4, -0.2) is 17.3 Å². The lowest BCUT2D eigenvalue weighted by Crippen LogP contribution is -1.89. The van der Waals surface area contributed by atoms with Crippen molar-refractivity contribution < 1.29 is 4.74 Å². The fourth-order valence-electron chi connectivity index (χ4n) is 1.53. The second kappa shape index (κ2) is 4.06. The summed E-state index contributed by atoms with van der Waals surface area (Å²) in [5, 5.41) is 7.07. The van der Waals surface area contributed by atoms with Gasteiger partial charge in [0.2, 0.25) is 0 Å². The van der Waals surface area contributed by atoms with Crippen LogP contribution in [0, 0.1) is 6.92 Å². The number of nitrogens with zero attached hydrogens (tertiary/aromatic N) is 1. The summed E-state index contributed by atoms with van der Waals surface area (Å²) in [4.78, 5) is 0. The lowest BCUT2D eigenvalue weighted by atomic mass is 10.1. The molecule has 0 amide bonds. The van der Waals surface area contributed by atoms with E-state index in [1.165, 1.54) is 0 Å². The zero-order valence-corrected chi connectivity index (χ0v) is 9.80. The molecule has 5 heteroatoms. The van der Waals surface area contributed by atoms with Crippen LogP contribution >= 0.6 is 11.6 Å². The average molecular weight is 238 g/mol. The SMILES string of the molecule is COc1cc(C)ccc1-c1[nH]nc(N)c1Cl. The minimum Gasteiger partial charge on any atom is -0.496 e. The van der Waals surface area contributed by atoms with E-state index < -0.39 is 0 Å². The van der Waals surface area contributed by atoms with Crippen LogP contribution in [0.1, 0.15) is 5.56 Å². The summed E-state index contributed by atoms with van der Waals surface area (Å²) in [7, 11) is 1.62. The zero-order valence-electron chi connectivity index (χ0n) is 9.04. The Labute approximate surface area is 98.4 Å². The monoisotopic (exact) mass is 237 g/mol. The largest absolute Gasteiger partial charge is 0.496 e. The fourth-order valence-corrected chi connectivity index (χ4v) is 1.71. The van der Waals surface area contributed by atoms with Gasteiger partial charge in [0, 0.05) is 5.56 Å². The van der Waals surface area contributed by atoms with Crippen LogP contribution < -0.4 is 10.5 Å². The van der Waals surface area contributed by atoms with Crippen molar-refractivity contribution >= 4 is 17.4 Å². The number of aromatic amines is 1. The number of rotatable bonds is 2. The van der Waals surface area contributed by atoms with Gasteiger partial charge in [-0.1, -0.05) is 17.7 Å². The van der Waals surface area contributed by atoms with Gasteiger partial charge in [0.15, 0.2) is 5.82 Å². The van der Waals surface area contributed by atoms with Crippen molar-refractivity contribution in [1.82, 2.24) is 10.2 Å². The van der Waals surface area contributed by atoms with Gasteiger partial charge in [-0.2, -0.15) is 5.10 Å². The van der Waals surface area contributed by atoms with Gasteiger partial charge in [-0.15, -0.1) is 0 Å². The van der Waals surface area contributed by atoms with Crippen LogP contribution in [0.25, 0.3) is 11.3 Å². The number of nitrogens with one attached hydrogen (secondary N) is 1. The van der Waals surface area contributed by atoms with E-state index in [0.29, 0.717) is 16.5 Å². The van der Waals surface area contributed by atoms with Gasteiger partial charge in [-0.25, -0.2) is 0 Å². The third-order valence-corrected chi connectivity index (χ3v) is 2.74. The molecule has 1 aromatic carbocycles. The van der Waals surface area contributed by atoms with Gasteiger partial charge < -0.3 is 10.5 Å². The maximum absolute atomic E-state index is 6.04. The molecule has 4 nitrogen and oxygen atoms in total. The van der Waals surface area contributed by atoms with E-state index in [9.17, 15) is 0 Å². The maximum Gasteiger partial charge on any atom is 0.164 e. The number of nitrogens with two attached hydrogens (primary N) is 1. The van der Waals surface area contributed by atoms with Crippen LogP contribution in [0.4, 0.5) is 5.82 Å². The number of benzene rings is 1. The number of hydrogen-bond acceptors (Lipinski definition) is 3. The Hall–Kier alpha value is -1.68. The number of methoxy groups -OCH3 is 1. The van der Waals surface area contributed by atoms with Gasteiger partial charge in [0.1, 0.15) is 10.8 Å². The highest BCUT2D eigenvalue weighted by molar-refractivity contribution is 6.35. The van der Waals surface area contributed by atoms with Gasteiger partial charge in [0.25, 0.3) is 0 Å². The van der Waals surface area contributed by atoms with Crippen LogP contribution in [0.3, 0.4) is 0 Å². The predicted octanol–water partition coefficient (Wildman–Crippen LogP) is 2.63. The normalized spacial score (nSPS) is 10.4. The summed E-state index contributed by atoms with van der Waals surface area (Å²) in [6.07, 6.45) is 0. The van der Waals surface area contributed by atoms with E-state index in [1.54, 1.807) is 7.11 Å². The molecule has 0 atom stereocenters. The van der Waals surface area contributed by atoms with E-state index in [1.807, 2.05) is 25.1 Å². The minimum absolute atomic E-state index is 0.291. The van der Waals surface area contributed by atoms with Gasteiger partial charge in [0.05, 0.1) is 12.8 Å². The van der Waals surface area contributed by atoms with E-state index in [2.05, 4.69) is 10.2 Å². The second-order valence-corrected chi connectivity index (χ2v) is 3.88. The summed E-state index contributed by atoms with van der Waals surface area (Å²) in [6.45, 7) is 2.00. The number of aromatic nitrogens is 2. The molecule has 3 N–H and O–H groups in total. The third kappa shape index (κ3) is 1.72. The zero-order chi connectivity index (χ0) is 11.7. The van der Waals surface area contributed by atoms with Gasteiger partial charge >= 0.3 is 0 Å². The molecule has 2 aromatic rings. The first-order chi connectivity index (χ1) is 7.63. The van der Waals surface area contributed by atoms with Crippen molar-refractivity contribution in [3.8, 4) is 17.0 Å². The number of aryl methyl sites for hydroxylation is 1. The van der Waals surface area contributed by atoms with Crippen molar-refractivity contribution in [2.45, 2.75) is 6.92 Å². The summed E-state index contributed by atoms with van der Waals surface area (Å²) in [6, 6.07) is 5.83. The third-order valence-electron chi connectivity index (χ3n) is 2.36. The smallest absolute Gasteiger partial charge is 0.164 e. The fraction of sp³-hybridized carbons (Fsp3) is 0.182. The van der Waals surface area contributed by atoms with Crippen LogP contribution in [0.15, 0.2) is 18.2 Å². The molecule has 0 bridgehead atoms. The van der Waals surface area contributed by atoms with Crippen molar-refractivity contribution in [3.05, 3.63) is 28.8 Å². The molecule has 0 aliphatic heterocycles. The minimum atomic E-state index is 0.291. The van der Waals surface area contributed by atoms with E-state index in [4.69, 9.17) is 22.1 Å². The molecule has 0 radical (unpaired) electrons. The highest BCUT2D eigenvalue weighted by atomic mass is 35.5. The summed E-state index contributed by atoms with van der Waals surface area (Å²) >= 11 is 6.04. The molecule has 0 aliphatic carbocycles. The molecular formula is C11H12ClN3O. The average Bonchev–Trinajstić information content (AvgIpc) is 2.60. The summed E-state index contributed by atoms with van der Waals surface area (Å²) in [5.41, 5.74) is 8.23. The predicted molar refractivity (Wildman–Crippen MR) is 64.7 cm³/mol. The Morgan fingerprint density at radius 1 is 1.44 bits per heavy atom. The molecule has 1 heterocycles. The number of nitrogen functional groups attached to an aromatic ring is 1. The molecule has 2 rings (SSSR count). The molecule has 84 valence electrons. The molecule has 0 fully saturated rings. The maximum atomic E-state index is 6.04. The Morgan fingerprint density at radius 3 is 2.75 bits per heavy atom. The van der Waals surface area contributed by atoms with Gasteiger partial charge in [-0.3, -0.25) is 5.10 Å². The number of hydrogen-bond donors (Lipinski definition) is 2. The van der Waals surface area contributed by atoms with Crippen LogP contribution in [-0.2, 0) is 0 Å².